The van der Waals surface area contributed by atoms with Crippen molar-refractivity contribution in [3.63, 3.8) is 0 Å². The number of ether oxygens (including phenoxy) is 1. The maximum atomic E-state index is 5.80. The lowest BCUT2D eigenvalue weighted by Gasteiger charge is -2.41. The van der Waals surface area contributed by atoms with Crippen LogP contribution in [0.4, 0.5) is 0 Å². The minimum absolute atomic E-state index is 0.151. The minimum atomic E-state index is 0.151. The maximum absolute atomic E-state index is 5.80. The molecule has 0 aliphatic heterocycles. The van der Waals surface area contributed by atoms with Crippen molar-refractivity contribution in [3.8, 4) is 0 Å². The molecule has 0 aromatic rings. The van der Waals surface area contributed by atoms with Gasteiger partial charge in [-0.3, -0.25) is 0 Å². The molecular formula is C10H19NO. The lowest BCUT2D eigenvalue weighted by atomic mass is 9.77. The molecule has 2 heteroatoms. The summed E-state index contributed by atoms with van der Waals surface area (Å²) >= 11 is 0. The van der Waals surface area contributed by atoms with Crippen LogP contribution in [-0.2, 0) is 4.74 Å². The first-order chi connectivity index (χ1) is 5.83. The van der Waals surface area contributed by atoms with Gasteiger partial charge in [0, 0.05) is 0 Å². The van der Waals surface area contributed by atoms with Crippen molar-refractivity contribution >= 4 is 0 Å². The molecule has 0 unspecified atom stereocenters. The third-order valence-electron chi connectivity index (χ3n) is 2.59. The summed E-state index contributed by atoms with van der Waals surface area (Å²) in [5, 5.41) is 0. The fourth-order valence-corrected chi connectivity index (χ4v) is 1.66. The van der Waals surface area contributed by atoms with Gasteiger partial charge in [-0.05, 0) is 38.6 Å². The van der Waals surface area contributed by atoms with Crippen LogP contribution >= 0.6 is 0 Å². The van der Waals surface area contributed by atoms with Crippen LogP contribution in [0, 0.1) is 0 Å². The Bertz CT molecular complexity index is 141. The molecule has 0 bridgehead atoms. The van der Waals surface area contributed by atoms with E-state index in [1.54, 1.807) is 0 Å². The van der Waals surface area contributed by atoms with E-state index in [4.69, 9.17) is 10.5 Å². The molecule has 0 aromatic heterocycles. The summed E-state index contributed by atoms with van der Waals surface area (Å²) in [5.74, 6) is 0. The minimum Gasteiger partial charge on any atom is -0.375 e. The van der Waals surface area contributed by atoms with E-state index in [-0.39, 0.29) is 5.60 Å². The molecule has 2 nitrogen and oxygen atoms in total. The Balaban J connectivity index is 2.19. The van der Waals surface area contributed by atoms with Crippen LogP contribution in [0.1, 0.15) is 32.1 Å². The second kappa shape index (κ2) is 4.63. The van der Waals surface area contributed by atoms with Gasteiger partial charge in [0.1, 0.15) is 0 Å². The Morgan fingerprint density at radius 1 is 1.50 bits per heavy atom. The highest BCUT2D eigenvalue weighted by Crippen LogP contribution is 2.38. The molecule has 12 heavy (non-hydrogen) atoms. The molecule has 70 valence electrons. The van der Waals surface area contributed by atoms with Crippen molar-refractivity contribution in [2.45, 2.75) is 37.7 Å². The fourth-order valence-electron chi connectivity index (χ4n) is 1.66. The van der Waals surface area contributed by atoms with Gasteiger partial charge in [0.25, 0.3) is 0 Å². The largest absolute Gasteiger partial charge is 0.375 e. The molecule has 1 saturated carbocycles. The Morgan fingerprint density at radius 2 is 2.25 bits per heavy atom. The summed E-state index contributed by atoms with van der Waals surface area (Å²) in [6, 6.07) is 0. The molecule has 1 fully saturated rings. The average molecular weight is 169 g/mol. The smallest absolute Gasteiger partial charge is 0.0694 e. The predicted molar refractivity (Wildman–Crippen MR) is 51.0 cm³/mol. The highest BCUT2D eigenvalue weighted by Gasteiger charge is 2.36. The van der Waals surface area contributed by atoms with Crippen molar-refractivity contribution in [1.82, 2.24) is 0 Å². The highest BCUT2D eigenvalue weighted by molar-refractivity contribution is 4.90. The maximum Gasteiger partial charge on any atom is 0.0694 e. The normalized spacial score (nSPS) is 20.1. The van der Waals surface area contributed by atoms with E-state index < -0.39 is 0 Å². The van der Waals surface area contributed by atoms with Gasteiger partial charge in [-0.1, -0.05) is 6.08 Å². The van der Waals surface area contributed by atoms with Crippen LogP contribution in [0.25, 0.3) is 0 Å². The van der Waals surface area contributed by atoms with Crippen molar-refractivity contribution < 1.29 is 4.74 Å². The van der Waals surface area contributed by atoms with Gasteiger partial charge in [-0.25, -0.2) is 0 Å². The zero-order chi connectivity index (χ0) is 8.86. The van der Waals surface area contributed by atoms with E-state index in [1.165, 1.54) is 19.3 Å². The fraction of sp³-hybridized carbons (Fsp3) is 0.800. The summed E-state index contributed by atoms with van der Waals surface area (Å²) in [7, 11) is 0. The summed E-state index contributed by atoms with van der Waals surface area (Å²) in [6.45, 7) is 5.22. The Hall–Kier alpha value is -0.340. The number of nitrogens with two attached hydrogens (primary N) is 1. The van der Waals surface area contributed by atoms with Crippen LogP contribution < -0.4 is 5.73 Å². The standard InChI is InChI=1S/C10H19NO/c1-2-3-9-12-10(7-8-11)5-4-6-10/h2H,1,3-9,11H2. The summed E-state index contributed by atoms with van der Waals surface area (Å²) in [4.78, 5) is 0. The molecule has 1 rings (SSSR count). The molecule has 0 atom stereocenters. The van der Waals surface area contributed by atoms with E-state index in [0.717, 1.165) is 26.0 Å². The van der Waals surface area contributed by atoms with Gasteiger partial charge in [0.15, 0.2) is 0 Å². The molecule has 0 spiro atoms. The number of rotatable bonds is 6. The molecule has 0 saturated heterocycles. The quantitative estimate of drug-likeness (QED) is 0.486. The van der Waals surface area contributed by atoms with Gasteiger partial charge in [0.05, 0.1) is 12.2 Å². The molecule has 0 amide bonds. The van der Waals surface area contributed by atoms with E-state index in [9.17, 15) is 0 Å². The zero-order valence-electron chi connectivity index (χ0n) is 7.72. The van der Waals surface area contributed by atoms with Gasteiger partial charge in [-0.2, -0.15) is 0 Å². The Labute approximate surface area is 74.8 Å². The van der Waals surface area contributed by atoms with Gasteiger partial charge >= 0.3 is 0 Å². The van der Waals surface area contributed by atoms with E-state index in [2.05, 4.69) is 6.58 Å². The van der Waals surface area contributed by atoms with Gasteiger partial charge < -0.3 is 10.5 Å². The van der Waals surface area contributed by atoms with Crippen LogP contribution in [0.5, 0.6) is 0 Å². The molecule has 0 aromatic carbocycles. The summed E-state index contributed by atoms with van der Waals surface area (Å²) in [5.41, 5.74) is 5.68. The second-order valence-electron chi connectivity index (χ2n) is 3.50. The Kier molecular flexibility index (Phi) is 3.76. The van der Waals surface area contributed by atoms with Gasteiger partial charge in [-0.15, -0.1) is 6.58 Å². The molecule has 0 radical (unpaired) electrons. The van der Waals surface area contributed by atoms with Crippen molar-refractivity contribution in [2.75, 3.05) is 13.2 Å². The molecule has 2 N–H and O–H groups in total. The second-order valence-corrected chi connectivity index (χ2v) is 3.50. The SMILES string of the molecule is C=CCCOC1(CCN)CCC1. The first kappa shape index (κ1) is 9.75. The molecule has 0 heterocycles. The lowest BCUT2D eigenvalue weighted by Crippen LogP contribution is -2.42. The predicted octanol–water partition coefficient (Wildman–Crippen LogP) is 1.85. The van der Waals surface area contributed by atoms with Crippen LogP contribution in [0.15, 0.2) is 12.7 Å². The lowest BCUT2D eigenvalue weighted by molar-refractivity contribution is -0.101. The van der Waals surface area contributed by atoms with Crippen molar-refractivity contribution in [1.29, 1.82) is 0 Å². The Morgan fingerprint density at radius 3 is 2.67 bits per heavy atom. The summed E-state index contributed by atoms with van der Waals surface area (Å²) < 4.78 is 5.80. The monoisotopic (exact) mass is 169 g/mol. The van der Waals surface area contributed by atoms with E-state index >= 15 is 0 Å². The third kappa shape index (κ3) is 2.32. The molecule has 1 aliphatic rings. The third-order valence-corrected chi connectivity index (χ3v) is 2.59. The summed E-state index contributed by atoms with van der Waals surface area (Å²) in [6.07, 6.45) is 7.56. The molecular weight excluding hydrogens is 150 g/mol. The first-order valence-electron chi connectivity index (χ1n) is 4.78. The van der Waals surface area contributed by atoms with Crippen molar-refractivity contribution in [2.24, 2.45) is 5.73 Å². The van der Waals surface area contributed by atoms with E-state index in [1.807, 2.05) is 6.08 Å². The van der Waals surface area contributed by atoms with Crippen LogP contribution in [-0.4, -0.2) is 18.8 Å². The average Bonchev–Trinajstić information content (AvgIpc) is 2.00. The van der Waals surface area contributed by atoms with E-state index in [0.29, 0.717) is 0 Å². The zero-order valence-corrected chi connectivity index (χ0v) is 7.72. The first-order valence-corrected chi connectivity index (χ1v) is 4.78. The van der Waals surface area contributed by atoms with Crippen molar-refractivity contribution in [3.05, 3.63) is 12.7 Å². The topological polar surface area (TPSA) is 35.2 Å². The van der Waals surface area contributed by atoms with Crippen LogP contribution in [0.3, 0.4) is 0 Å². The number of hydrogen-bond acceptors (Lipinski definition) is 2. The highest BCUT2D eigenvalue weighted by atomic mass is 16.5. The molecule has 1 aliphatic carbocycles. The number of hydrogen-bond donors (Lipinski definition) is 1. The van der Waals surface area contributed by atoms with Gasteiger partial charge in [0.2, 0.25) is 0 Å². The van der Waals surface area contributed by atoms with Crippen LogP contribution in [0.2, 0.25) is 0 Å².